The summed E-state index contributed by atoms with van der Waals surface area (Å²) in [6.45, 7) is 7.15. The molecule has 0 fully saturated rings. The van der Waals surface area contributed by atoms with Crippen molar-refractivity contribution in [3.8, 4) is 5.75 Å². The highest BCUT2D eigenvalue weighted by molar-refractivity contribution is 5.46. The first-order valence-corrected chi connectivity index (χ1v) is 7.33. The number of benzene rings is 1. The van der Waals surface area contributed by atoms with Crippen LogP contribution >= 0.6 is 0 Å². The van der Waals surface area contributed by atoms with Crippen LogP contribution in [0.2, 0.25) is 0 Å². The first-order chi connectivity index (χ1) is 10.2. The number of aromatic amines is 1. The van der Waals surface area contributed by atoms with E-state index in [2.05, 4.69) is 17.2 Å². The molecule has 2 N–H and O–H groups in total. The Bertz CT molecular complexity index is 662. The van der Waals surface area contributed by atoms with Crippen LogP contribution in [0, 0.1) is 6.92 Å². The molecule has 1 aromatic carbocycles. The average Bonchev–Trinajstić information content (AvgIpc) is 2.48. The fraction of sp³-hybridized carbons (Fsp3) is 0.353. The van der Waals surface area contributed by atoms with Crippen molar-refractivity contribution in [2.75, 3.05) is 11.9 Å². The maximum absolute atomic E-state index is 12.0. The summed E-state index contributed by atoms with van der Waals surface area (Å²) >= 11 is 0. The van der Waals surface area contributed by atoms with Gasteiger partial charge in [0.15, 0.2) is 0 Å². The van der Waals surface area contributed by atoms with Gasteiger partial charge in [-0.1, -0.05) is 25.1 Å². The van der Waals surface area contributed by atoms with E-state index in [1.165, 1.54) is 0 Å². The molecule has 1 aromatic heterocycles. The van der Waals surface area contributed by atoms with E-state index in [-0.39, 0.29) is 5.56 Å². The van der Waals surface area contributed by atoms with Crippen LogP contribution in [0.15, 0.2) is 35.1 Å². The lowest BCUT2D eigenvalue weighted by Crippen LogP contribution is -2.16. The lowest BCUT2D eigenvalue weighted by molar-refractivity contribution is 0.337. The van der Waals surface area contributed by atoms with Crippen molar-refractivity contribution in [2.24, 2.45) is 0 Å². The smallest absolute Gasteiger partial charge is 0.271 e. The minimum atomic E-state index is -0.0846. The van der Waals surface area contributed by atoms with Gasteiger partial charge >= 0.3 is 0 Å². The van der Waals surface area contributed by atoms with Gasteiger partial charge < -0.3 is 15.0 Å². The van der Waals surface area contributed by atoms with E-state index in [0.29, 0.717) is 18.8 Å². The molecular weight excluding hydrogens is 264 g/mol. The van der Waals surface area contributed by atoms with E-state index in [4.69, 9.17) is 4.74 Å². The topological polar surface area (TPSA) is 54.1 Å². The van der Waals surface area contributed by atoms with Gasteiger partial charge in [-0.2, -0.15) is 0 Å². The van der Waals surface area contributed by atoms with Crippen LogP contribution in [0.25, 0.3) is 0 Å². The molecule has 0 spiro atoms. The Labute approximate surface area is 125 Å². The van der Waals surface area contributed by atoms with E-state index >= 15 is 0 Å². The summed E-state index contributed by atoms with van der Waals surface area (Å²) in [7, 11) is 0. The lowest BCUT2D eigenvalue weighted by Gasteiger charge is -2.12. The van der Waals surface area contributed by atoms with Crippen molar-refractivity contribution in [3.63, 3.8) is 0 Å². The number of ether oxygens (including phenoxy) is 1. The molecule has 0 aliphatic carbocycles. The minimum absolute atomic E-state index is 0.0846. The van der Waals surface area contributed by atoms with Crippen molar-refractivity contribution in [2.45, 2.75) is 33.7 Å². The van der Waals surface area contributed by atoms with Crippen LogP contribution in [-0.2, 0) is 13.0 Å². The van der Waals surface area contributed by atoms with Gasteiger partial charge in [0.1, 0.15) is 11.4 Å². The van der Waals surface area contributed by atoms with Crippen LogP contribution < -0.4 is 15.6 Å². The molecule has 0 saturated carbocycles. The molecule has 4 nitrogen and oxygen atoms in total. The zero-order valence-electron chi connectivity index (χ0n) is 12.8. The Morgan fingerprint density at radius 3 is 2.67 bits per heavy atom. The summed E-state index contributed by atoms with van der Waals surface area (Å²) in [5.74, 6) is 0.853. The van der Waals surface area contributed by atoms with Gasteiger partial charge in [0.2, 0.25) is 0 Å². The quantitative estimate of drug-likeness (QED) is 0.857. The van der Waals surface area contributed by atoms with Crippen molar-refractivity contribution < 1.29 is 4.74 Å². The molecule has 0 bridgehead atoms. The molecule has 0 radical (unpaired) electrons. The molecule has 2 aromatic rings. The molecule has 1 heterocycles. The second-order valence-corrected chi connectivity index (χ2v) is 4.91. The number of rotatable bonds is 6. The summed E-state index contributed by atoms with van der Waals surface area (Å²) < 4.78 is 5.59. The van der Waals surface area contributed by atoms with Crippen LogP contribution in [0.1, 0.15) is 30.7 Å². The van der Waals surface area contributed by atoms with Crippen LogP contribution in [-0.4, -0.2) is 11.6 Å². The van der Waals surface area contributed by atoms with E-state index in [1.807, 2.05) is 44.2 Å². The Kier molecular flexibility index (Phi) is 5.04. The third-order valence-corrected chi connectivity index (χ3v) is 3.47. The summed E-state index contributed by atoms with van der Waals surface area (Å²) in [5, 5.41) is 3.21. The Balaban J connectivity index is 2.19. The van der Waals surface area contributed by atoms with Crippen molar-refractivity contribution in [3.05, 3.63) is 57.5 Å². The summed E-state index contributed by atoms with van der Waals surface area (Å²) in [6.07, 6.45) is 0.896. The number of pyridine rings is 1. The van der Waals surface area contributed by atoms with Gasteiger partial charge in [0, 0.05) is 17.8 Å². The van der Waals surface area contributed by atoms with E-state index in [9.17, 15) is 4.79 Å². The molecule has 4 heteroatoms. The van der Waals surface area contributed by atoms with Gasteiger partial charge in [0.05, 0.1) is 6.61 Å². The van der Waals surface area contributed by atoms with Gasteiger partial charge in [0.25, 0.3) is 5.56 Å². The van der Waals surface area contributed by atoms with E-state index in [0.717, 1.165) is 29.0 Å². The number of aryl methyl sites for hydroxylation is 2. The zero-order valence-corrected chi connectivity index (χ0v) is 12.8. The predicted octanol–water partition coefficient (Wildman–Crippen LogP) is 3.26. The van der Waals surface area contributed by atoms with Crippen molar-refractivity contribution in [1.29, 1.82) is 0 Å². The maximum atomic E-state index is 12.0. The van der Waals surface area contributed by atoms with Gasteiger partial charge in [-0.25, -0.2) is 0 Å². The minimum Gasteiger partial charge on any atom is -0.494 e. The fourth-order valence-electron chi connectivity index (χ4n) is 2.30. The average molecular weight is 286 g/mol. The molecule has 21 heavy (non-hydrogen) atoms. The highest BCUT2D eigenvalue weighted by Gasteiger charge is 2.06. The van der Waals surface area contributed by atoms with Crippen LogP contribution in [0.5, 0.6) is 5.75 Å². The highest BCUT2D eigenvalue weighted by atomic mass is 16.5. The third kappa shape index (κ3) is 3.66. The first-order valence-electron chi connectivity index (χ1n) is 7.33. The van der Waals surface area contributed by atoms with Crippen molar-refractivity contribution >= 4 is 5.69 Å². The number of hydrogen-bond donors (Lipinski definition) is 2. The number of anilines is 1. The third-order valence-electron chi connectivity index (χ3n) is 3.47. The monoisotopic (exact) mass is 286 g/mol. The van der Waals surface area contributed by atoms with Gasteiger partial charge in [-0.3, -0.25) is 4.79 Å². The largest absolute Gasteiger partial charge is 0.494 e. The van der Waals surface area contributed by atoms with Gasteiger partial charge in [-0.05, 0) is 38.0 Å². The molecule has 0 unspecified atom stereocenters. The lowest BCUT2D eigenvalue weighted by atomic mass is 10.1. The van der Waals surface area contributed by atoms with Gasteiger partial charge in [-0.15, -0.1) is 0 Å². The molecule has 2 rings (SSSR count). The Morgan fingerprint density at radius 1 is 1.19 bits per heavy atom. The van der Waals surface area contributed by atoms with Crippen LogP contribution in [0.3, 0.4) is 0 Å². The summed E-state index contributed by atoms with van der Waals surface area (Å²) in [5.41, 5.74) is 3.64. The number of para-hydroxylation sites is 1. The Hall–Kier alpha value is -2.23. The molecule has 0 amide bonds. The molecule has 0 aliphatic heterocycles. The summed E-state index contributed by atoms with van der Waals surface area (Å²) in [6, 6.07) is 9.79. The Morgan fingerprint density at radius 2 is 1.95 bits per heavy atom. The second kappa shape index (κ2) is 6.97. The van der Waals surface area contributed by atoms with Crippen molar-refractivity contribution in [1.82, 2.24) is 4.98 Å². The zero-order chi connectivity index (χ0) is 15.2. The number of H-pyrrole nitrogens is 1. The van der Waals surface area contributed by atoms with E-state index < -0.39 is 0 Å². The predicted molar refractivity (Wildman–Crippen MR) is 86.1 cm³/mol. The highest BCUT2D eigenvalue weighted by Crippen LogP contribution is 2.19. The standard InChI is InChI=1S/C17H22N2O2/c1-4-13-10-15(17(20)19-12(13)3)18-11-14-8-6-7-9-16(14)21-5-2/h6-10,18H,4-5,11H2,1-3H3,(H,19,20). The molecule has 112 valence electrons. The first kappa shape index (κ1) is 15.2. The second-order valence-electron chi connectivity index (χ2n) is 4.91. The van der Waals surface area contributed by atoms with E-state index in [1.54, 1.807) is 0 Å². The molecule has 0 atom stereocenters. The number of hydrogen-bond acceptors (Lipinski definition) is 3. The molecule has 0 aliphatic rings. The molecule has 0 saturated heterocycles. The number of nitrogens with one attached hydrogen (secondary N) is 2. The normalized spacial score (nSPS) is 10.4. The van der Waals surface area contributed by atoms with Crippen LogP contribution in [0.4, 0.5) is 5.69 Å². The molecular formula is C17H22N2O2. The summed E-state index contributed by atoms with van der Waals surface area (Å²) in [4.78, 5) is 14.9. The fourth-order valence-corrected chi connectivity index (χ4v) is 2.30. The SMILES string of the molecule is CCOc1ccccc1CNc1cc(CC)c(C)[nH]c1=O. The maximum Gasteiger partial charge on any atom is 0.271 e. The number of aromatic nitrogens is 1.